The van der Waals surface area contributed by atoms with Gasteiger partial charge in [0.05, 0.1) is 19.1 Å². The van der Waals surface area contributed by atoms with E-state index in [1.165, 1.54) is 19.2 Å². The van der Waals surface area contributed by atoms with Gasteiger partial charge in [-0.25, -0.2) is 27.3 Å². The molecule has 20 heteroatoms. The number of hydrogen-bond acceptors (Lipinski definition) is 14. The molecule has 2 amide bonds. The van der Waals surface area contributed by atoms with Crippen molar-refractivity contribution < 1.29 is 50.9 Å². The number of hydrogen-bond donors (Lipinski definition) is 4. The molecular weight excluding hydrogens is 648 g/mol. The van der Waals surface area contributed by atoms with Gasteiger partial charge >= 0.3 is 5.97 Å². The Labute approximate surface area is 267 Å². The number of rotatable bonds is 15. The van der Waals surface area contributed by atoms with Gasteiger partial charge in [0, 0.05) is 10.9 Å². The number of carbonyl (C=O) groups excluding carboxylic acids is 2. The first kappa shape index (κ1) is 34.2. The fraction of sp³-hybridized carbons (Fsp3) is 0.385. The van der Waals surface area contributed by atoms with E-state index in [-0.39, 0.29) is 10.8 Å². The standard InChI is InChI=1S/C26H32N8O10S2/c1-26(2)21(23(36)34(26)44-46(39,40)41)30-22(35)20(17-13-45-25(28)29-17)31-43-19(24(37)38)12-42-16-7-5-15(6-8-16)18-11-33(10-4-9-27)14-32(18)3/h5-8,11,13-14,19,21H,4,9-10,12,27H2,1-3H3,(H4-,28,29,30,35,37,38,39,40,41)/b31-20-/t19-,21?/m0/s1. The smallest absolute Gasteiger partial charge is 0.351 e. The molecule has 1 aliphatic heterocycles. The lowest BCUT2D eigenvalue weighted by atomic mass is 9.84. The van der Waals surface area contributed by atoms with Crippen LogP contribution in [0.15, 0.2) is 47.3 Å². The van der Waals surface area contributed by atoms with Crippen LogP contribution in [0, 0.1) is 0 Å². The lowest BCUT2D eigenvalue weighted by molar-refractivity contribution is -0.696. The van der Waals surface area contributed by atoms with Crippen molar-refractivity contribution in [2.75, 3.05) is 18.9 Å². The van der Waals surface area contributed by atoms with Crippen molar-refractivity contribution in [1.82, 2.24) is 19.9 Å². The normalized spacial score (nSPS) is 16.9. The number of carboxylic acids is 1. The maximum absolute atomic E-state index is 13.2. The number of aryl methyl sites for hydroxylation is 2. The molecule has 0 radical (unpaired) electrons. The Balaban J connectivity index is 1.45. The van der Waals surface area contributed by atoms with E-state index in [1.54, 1.807) is 12.1 Å². The third kappa shape index (κ3) is 7.95. The molecule has 6 N–H and O–H groups in total. The molecule has 2 atom stereocenters. The Hall–Kier alpha value is -4.63. The predicted molar refractivity (Wildman–Crippen MR) is 159 cm³/mol. The number of anilines is 1. The van der Waals surface area contributed by atoms with Crippen LogP contribution in [0.4, 0.5) is 5.13 Å². The number of aliphatic carboxylic acids is 1. The quantitative estimate of drug-likeness (QED) is 0.0380. The number of β-lactam (4-membered cyclic amide) rings is 1. The van der Waals surface area contributed by atoms with Crippen LogP contribution in [-0.4, -0.2) is 87.0 Å². The second-order valence-corrected chi connectivity index (χ2v) is 12.4. The molecule has 1 aliphatic rings. The zero-order valence-electron chi connectivity index (χ0n) is 24.9. The molecule has 1 saturated heterocycles. The Morgan fingerprint density at radius 1 is 1.30 bits per heavy atom. The molecule has 3 heterocycles. The van der Waals surface area contributed by atoms with Crippen molar-refractivity contribution in [2.24, 2.45) is 17.9 Å². The summed E-state index contributed by atoms with van der Waals surface area (Å²) in [4.78, 5) is 46.8. The first-order valence-corrected chi connectivity index (χ1v) is 15.8. The van der Waals surface area contributed by atoms with Crippen LogP contribution in [0.1, 0.15) is 26.0 Å². The Kier molecular flexibility index (Phi) is 10.3. The predicted octanol–water partition coefficient (Wildman–Crippen LogP) is -0.883. The van der Waals surface area contributed by atoms with E-state index in [4.69, 9.17) is 21.0 Å². The van der Waals surface area contributed by atoms with E-state index in [2.05, 4.69) is 19.7 Å². The number of nitrogens with two attached hydrogens (primary N) is 2. The summed E-state index contributed by atoms with van der Waals surface area (Å²) in [6, 6.07) is 5.59. The maximum Gasteiger partial charge on any atom is 0.351 e. The van der Waals surface area contributed by atoms with Gasteiger partial charge in [0.1, 0.15) is 30.3 Å². The van der Waals surface area contributed by atoms with Crippen LogP contribution < -0.4 is 26.1 Å². The molecule has 18 nitrogen and oxygen atoms in total. The molecule has 2 aromatic heterocycles. The van der Waals surface area contributed by atoms with E-state index in [1.807, 2.05) is 40.8 Å². The maximum atomic E-state index is 13.2. The molecule has 46 heavy (non-hydrogen) atoms. The van der Waals surface area contributed by atoms with Crippen LogP contribution in [0.25, 0.3) is 11.3 Å². The van der Waals surface area contributed by atoms with Gasteiger partial charge < -0.3 is 36.0 Å². The summed E-state index contributed by atoms with van der Waals surface area (Å²) in [5, 5.41) is 17.5. The highest BCUT2D eigenvalue weighted by atomic mass is 32.3. The van der Waals surface area contributed by atoms with Crippen molar-refractivity contribution in [1.29, 1.82) is 0 Å². The Morgan fingerprint density at radius 3 is 2.57 bits per heavy atom. The number of thiazole rings is 1. The minimum atomic E-state index is -5.26. The molecule has 248 valence electrons. The SMILES string of the molecule is Cn1c[n+](CCCN)cc1-c1ccc(OC[C@H](O/N=C(\C(=O)NC2C(=O)N(OS(=O)(=O)[O-])C2(C)C)c2csc(N)n2)C(=O)O)cc1. The topological polar surface area (TPSA) is 258 Å². The number of nitrogens with one attached hydrogen (secondary N) is 1. The van der Waals surface area contributed by atoms with Gasteiger partial charge in [0.15, 0.2) is 16.5 Å². The number of ether oxygens (including phenoxy) is 1. The number of amides is 2. The first-order chi connectivity index (χ1) is 21.6. The van der Waals surface area contributed by atoms with Gasteiger partial charge in [-0.2, -0.15) is 9.35 Å². The lowest BCUT2D eigenvalue weighted by Gasteiger charge is -2.51. The number of oxime groups is 1. The van der Waals surface area contributed by atoms with E-state index >= 15 is 0 Å². The van der Waals surface area contributed by atoms with Crippen LogP contribution in [0.2, 0.25) is 0 Å². The molecule has 1 aromatic carbocycles. The number of nitrogen functional groups attached to an aromatic ring is 1. The number of hydroxylamine groups is 2. The van der Waals surface area contributed by atoms with Gasteiger partial charge in [-0.15, -0.1) is 11.3 Å². The minimum absolute atomic E-state index is 0.0538. The summed E-state index contributed by atoms with van der Waals surface area (Å²) < 4.78 is 46.7. The Morgan fingerprint density at radius 2 is 2.00 bits per heavy atom. The van der Waals surface area contributed by atoms with Crippen molar-refractivity contribution in [3.8, 4) is 17.0 Å². The summed E-state index contributed by atoms with van der Waals surface area (Å²) >= 11 is 0.954. The molecule has 4 rings (SSSR count). The van der Waals surface area contributed by atoms with Crippen LogP contribution in [0.3, 0.4) is 0 Å². The second-order valence-electron chi connectivity index (χ2n) is 10.6. The monoisotopic (exact) mass is 680 g/mol. The number of aromatic nitrogens is 3. The second kappa shape index (κ2) is 13.8. The van der Waals surface area contributed by atoms with E-state index < -0.39 is 58.2 Å². The number of imidazole rings is 1. The van der Waals surface area contributed by atoms with Gasteiger partial charge in [-0.05, 0) is 51.1 Å². The fourth-order valence-electron chi connectivity index (χ4n) is 4.41. The number of carboxylic acid groups (broad SMARTS) is 1. The van der Waals surface area contributed by atoms with Crippen LogP contribution in [-0.2, 0) is 47.5 Å². The van der Waals surface area contributed by atoms with Crippen molar-refractivity contribution >= 4 is 50.4 Å². The van der Waals surface area contributed by atoms with E-state index in [0.717, 1.165) is 35.6 Å². The highest BCUT2D eigenvalue weighted by Gasteiger charge is 2.57. The van der Waals surface area contributed by atoms with Crippen LogP contribution >= 0.6 is 11.3 Å². The average Bonchev–Trinajstić information content (AvgIpc) is 3.59. The van der Waals surface area contributed by atoms with Gasteiger partial charge in [-0.3, -0.25) is 9.59 Å². The third-order valence-electron chi connectivity index (χ3n) is 6.81. The molecule has 0 spiro atoms. The largest absolute Gasteiger partial charge is 0.724 e. The Bertz CT molecular complexity index is 1740. The van der Waals surface area contributed by atoms with Gasteiger partial charge in [0.25, 0.3) is 17.9 Å². The van der Waals surface area contributed by atoms with Crippen molar-refractivity contribution in [3.63, 3.8) is 0 Å². The zero-order valence-corrected chi connectivity index (χ0v) is 26.5. The molecule has 0 bridgehead atoms. The summed E-state index contributed by atoms with van der Waals surface area (Å²) in [5.41, 5.74) is 11.0. The molecular formula is C26H32N8O10S2. The molecule has 0 aliphatic carbocycles. The zero-order chi connectivity index (χ0) is 33.8. The average molecular weight is 681 g/mol. The molecule has 0 saturated carbocycles. The minimum Gasteiger partial charge on any atom is -0.724 e. The van der Waals surface area contributed by atoms with Gasteiger partial charge in [0.2, 0.25) is 16.7 Å². The van der Waals surface area contributed by atoms with Crippen LogP contribution in [0.5, 0.6) is 5.75 Å². The summed E-state index contributed by atoms with van der Waals surface area (Å²) in [6.07, 6.45) is 3.10. The summed E-state index contributed by atoms with van der Waals surface area (Å²) in [5.74, 6) is -3.18. The summed E-state index contributed by atoms with van der Waals surface area (Å²) in [6.45, 7) is 3.53. The number of carbonyl (C=O) groups is 3. The van der Waals surface area contributed by atoms with Crippen molar-refractivity contribution in [3.05, 3.63) is 47.9 Å². The molecule has 3 aromatic rings. The summed E-state index contributed by atoms with van der Waals surface area (Å²) in [7, 11) is -3.35. The van der Waals surface area contributed by atoms with Crippen molar-refractivity contribution in [2.45, 2.75) is 44.5 Å². The highest BCUT2D eigenvalue weighted by Crippen LogP contribution is 2.33. The fourth-order valence-corrected chi connectivity index (χ4v) is 5.41. The molecule has 1 unspecified atom stereocenters. The number of nitrogens with zero attached hydrogens (tertiary/aromatic N) is 5. The molecule has 1 fully saturated rings. The third-order valence-corrected chi connectivity index (χ3v) is 7.81. The lowest BCUT2D eigenvalue weighted by Crippen LogP contribution is -2.76. The van der Waals surface area contributed by atoms with Gasteiger partial charge in [-0.1, -0.05) is 5.16 Å². The first-order valence-electron chi connectivity index (χ1n) is 13.6. The van der Waals surface area contributed by atoms with E-state index in [9.17, 15) is 32.5 Å². The highest BCUT2D eigenvalue weighted by molar-refractivity contribution is 7.80. The number of benzene rings is 1. The van der Waals surface area contributed by atoms with E-state index in [0.29, 0.717) is 17.4 Å².